The van der Waals surface area contributed by atoms with Crippen LogP contribution in [0.3, 0.4) is 0 Å². The third kappa shape index (κ3) is 4.39. The molecule has 0 heterocycles. The van der Waals surface area contributed by atoms with Crippen molar-refractivity contribution < 1.29 is 9.90 Å². The van der Waals surface area contributed by atoms with Gasteiger partial charge in [0.15, 0.2) is 5.78 Å². The summed E-state index contributed by atoms with van der Waals surface area (Å²) in [6, 6.07) is 9.72. The van der Waals surface area contributed by atoms with Crippen LogP contribution in [0.1, 0.15) is 111 Å². The number of hydrogen-bond donors (Lipinski definition) is 1. The standard InChI is InChI=1S/C34H50O2/c1-22(2)10-9-11-23(3)28-16-17-29-26-15-14-25-20-31(35)27(32(36)24-12-7-6-8-13-24)21-34(25,5)30(26)18-19-33(28,29)4/h6-8,12-13,22-23,25-26,28-30,36H,9-11,14-21H2,1-5H3/b32-27-/t23-,25+,26-,28+,29-,30-,33-,34+/m1/s1. The molecule has 0 saturated heterocycles. The van der Waals surface area contributed by atoms with Crippen LogP contribution in [0.15, 0.2) is 35.9 Å². The summed E-state index contributed by atoms with van der Waals surface area (Å²) < 4.78 is 0. The Bertz CT molecular complexity index is 976. The van der Waals surface area contributed by atoms with Crippen molar-refractivity contribution >= 4 is 11.5 Å². The summed E-state index contributed by atoms with van der Waals surface area (Å²) >= 11 is 0. The van der Waals surface area contributed by atoms with Crippen molar-refractivity contribution in [2.75, 3.05) is 0 Å². The van der Waals surface area contributed by atoms with E-state index in [0.717, 1.165) is 41.6 Å². The molecule has 4 aliphatic carbocycles. The van der Waals surface area contributed by atoms with Gasteiger partial charge in [-0.3, -0.25) is 4.79 Å². The lowest BCUT2D eigenvalue weighted by Gasteiger charge is -2.60. The van der Waals surface area contributed by atoms with Gasteiger partial charge in [0.2, 0.25) is 0 Å². The highest BCUT2D eigenvalue weighted by Crippen LogP contribution is 2.68. The first-order chi connectivity index (χ1) is 17.1. The third-order valence-corrected chi connectivity index (χ3v) is 11.9. The van der Waals surface area contributed by atoms with Gasteiger partial charge >= 0.3 is 0 Å². The van der Waals surface area contributed by atoms with Gasteiger partial charge in [-0.2, -0.15) is 0 Å². The largest absolute Gasteiger partial charge is 0.507 e. The van der Waals surface area contributed by atoms with Crippen molar-refractivity contribution in [2.45, 2.75) is 105 Å². The van der Waals surface area contributed by atoms with Crippen molar-refractivity contribution in [2.24, 2.45) is 52.3 Å². The van der Waals surface area contributed by atoms with Gasteiger partial charge < -0.3 is 5.11 Å². The summed E-state index contributed by atoms with van der Waals surface area (Å²) in [6.07, 6.45) is 13.6. The van der Waals surface area contributed by atoms with Gasteiger partial charge in [0.05, 0.1) is 0 Å². The van der Waals surface area contributed by atoms with Crippen LogP contribution in [0.4, 0.5) is 0 Å². The molecule has 0 amide bonds. The lowest BCUT2D eigenvalue weighted by atomic mass is 9.44. The first-order valence-corrected chi connectivity index (χ1v) is 15.2. The molecule has 8 atom stereocenters. The number of carbonyl (C=O) groups is 1. The summed E-state index contributed by atoms with van der Waals surface area (Å²) in [5.41, 5.74) is 2.13. The van der Waals surface area contributed by atoms with Gasteiger partial charge in [0.25, 0.3) is 0 Å². The minimum Gasteiger partial charge on any atom is -0.507 e. The van der Waals surface area contributed by atoms with E-state index >= 15 is 0 Å². The monoisotopic (exact) mass is 490 g/mol. The summed E-state index contributed by atoms with van der Waals surface area (Å²) in [7, 11) is 0. The number of carbonyl (C=O) groups excluding carboxylic acids is 1. The van der Waals surface area contributed by atoms with E-state index in [1.807, 2.05) is 30.3 Å². The maximum Gasteiger partial charge on any atom is 0.162 e. The second-order valence-electron chi connectivity index (χ2n) is 14.2. The van der Waals surface area contributed by atoms with Crippen molar-refractivity contribution in [3.8, 4) is 0 Å². The fourth-order valence-corrected chi connectivity index (χ4v) is 9.98. The average molecular weight is 491 g/mol. The zero-order valence-electron chi connectivity index (χ0n) is 23.6. The molecule has 1 aromatic rings. The minimum atomic E-state index is 0.136. The first-order valence-electron chi connectivity index (χ1n) is 15.2. The van der Waals surface area contributed by atoms with Crippen molar-refractivity contribution in [3.05, 3.63) is 41.5 Å². The van der Waals surface area contributed by atoms with E-state index in [1.54, 1.807) is 0 Å². The highest BCUT2D eigenvalue weighted by atomic mass is 16.3. The van der Waals surface area contributed by atoms with Crippen LogP contribution in [-0.2, 0) is 4.79 Å². The van der Waals surface area contributed by atoms with E-state index < -0.39 is 0 Å². The Hall–Kier alpha value is -1.57. The molecule has 0 unspecified atom stereocenters. The molecule has 36 heavy (non-hydrogen) atoms. The maximum atomic E-state index is 13.2. The van der Waals surface area contributed by atoms with Gasteiger partial charge in [-0.05, 0) is 97.2 Å². The van der Waals surface area contributed by atoms with E-state index in [2.05, 4.69) is 34.6 Å². The minimum absolute atomic E-state index is 0.136. The Balaban J connectivity index is 1.36. The van der Waals surface area contributed by atoms with Crippen LogP contribution in [0.5, 0.6) is 0 Å². The van der Waals surface area contributed by atoms with E-state index in [4.69, 9.17) is 0 Å². The van der Waals surface area contributed by atoms with Crippen LogP contribution in [0.2, 0.25) is 0 Å². The summed E-state index contributed by atoms with van der Waals surface area (Å²) in [5.74, 6) is 5.78. The smallest absolute Gasteiger partial charge is 0.162 e. The zero-order chi connectivity index (χ0) is 25.7. The van der Waals surface area contributed by atoms with E-state index in [9.17, 15) is 9.90 Å². The van der Waals surface area contributed by atoms with Gasteiger partial charge in [0.1, 0.15) is 5.76 Å². The van der Waals surface area contributed by atoms with Crippen LogP contribution < -0.4 is 0 Å². The average Bonchev–Trinajstić information content (AvgIpc) is 3.21. The fourth-order valence-electron chi connectivity index (χ4n) is 9.98. The van der Waals surface area contributed by atoms with E-state index in [-0.39, 0.29) is 17.0 Å². The molecule has 5 rings (SSSR count). The Morgan fingerprint density at radius 1 is 0.944 bits per heavy atom. The number of aliphatic hydroxyl groups excluding tert-OH is 1. The Morgan fingerprint density at radius 2 is 1.67 bits per heavy atom. The van der Waals surface area contributed by atoms with Crippen LogP contribution in [0, 0.1) is 52.3 Å². The summed E-state index contributed by atoms with van der Waals surface area (Å²) in [5, 5.41) is 11.2. The van der Waals surface area contributed by atoms with Crippen LogP contribution >= 0.6 is 0 Å². The highest BCUT2D eigenvalue weighted by Gasteiger charge is 2.61. The second-order valence-corrected chi connectivity index (χ2v) is 14.2. The molecule has 0 aromatic heterocycles. The van der Waals surface area contributed by atoms with Crippen molar-refractivity contribution in [3.63, 3.8) is 0 Å². The lowest BCUT2D eigenvalue weighted by molar-refractivity contribution is -0.133. The molecular formula is C34H50O2. The van der Waals surface area contributed by atoms with Crippen LogP contribution in [0.25, 0.3) is 5.76 Å². The maximum absolute atomic E-state index is 13.2. The van der Waals surface area contributed by atoms with E-state index in [0.29, 0.717) is 29.2 Å². The number of rotatable bonds is 6. The predicted molar refractivity (Wildman–Crippen MR) is 149 cm³/mol. The predicted octanol–water partition coefficient (Wildman–Crippen LogP) is 9.26. The molecule has 2 heteroatoms. The second kappa shape index (κ2) is 9.95. The zero-order valence-corrected chi connectivity index (χ0v) is 23.6. The number of ketones is 1. The quantitative estimate of drug-likeness (QED) is 0.319. The highest BCUT2D eigenvalue weighted by molar-refractivity contribution is 6.02. The molecule has 0 radical (unpaired) electrons. The molecule has 0 bridgehead atoms. The summed E-state index contributed by atoms with van der Waals surface area (Å²) in [6.45, 7) is 12.4. The molecule has 0 aliphatic heterocycles. The molecule has 4 fully saturated rings. The number of benzene rings is 1. The number of Topliss-reactive ketones (excluding diaryl/α,β-unsaturated/α-hetero) is 1. The lowest BCUT2D eigenvalue weighted by Crippen LogP contribution is -2.54. The molecule has 1 N–H and O–H groups in total. The molecule has 4 saturated carbocycles. The van der Waals surface area contributed by atoms with Gasteiger partial charge in [0, 0.05) is 17.6 Å². The van der Waals surface area contributed by atoms with Crippen LogP contribution in [-0.4, -0.2) is 10.9 Å². The Labute approximate surface area is 220 Å². The molecule has 0 spiro atoms. The van der Waals surface area contributed by atoms with E-state index in [1.165, 1.54) is 57.8 Å². The normalized spacial score (nSPS) is 40.4. The van der Waals surface area contributed by atoms with Gasteiger partial charge in [-0.15, -0.1) is 0 Å². The molecular weight excluding hydrogens is 440 g/mol. The fraction of sp³-hybridized carbons (Fsp3) is 0.735. The SMILES string of the molecule is CC(C)CCC[C@@H](C)[C@@H]1CC[C@@H]2[C@H]3CC[C@H]4CC(=O)/C(=C(\O)c5ccccc5)C[C@]4(C)[C@@H]3CC[C@@]21C. The Kier molecular flexibility index (Phi) is 7.20. The molecule has 198 valence electrons. The number of allylic oxidation sites excluding steroid dienone is 1. The number of fused-ring (bicyclic) bond motifs is 5. The van der Waals surface area contributed by atoms with Crippen molar-refractivity contribution in [1.29, 1.82) is 0 Å². The number of hydrogen-bond acceptors (Lipinski definition) is 2. The van der Waals surface area contributed by atoms with Gasteiger partial charge in [-0.1, -0.05) is 84.2 Å². The third-order valence-electron chi connectivity index (χ3n) is 11.9. The summed E-state index contributed by atoms with van der Waals surface area (Å²) in [4.78, 5) is 13.2. The molecule has 4 aliphatic rings. The van der Waals surface area contributed by atoms with Crippen molar-refractivity contribution in [1.82, 2.24) is 0 Å². The molecule has 2 nitrogen and oxygen atoms in total. The Morgan fingerprint density at radius 3 is 2.39 bits per heavy atom. The van der Waals surface area contributed by atoms with Gasteiger partial charge in [-0.25, -0.2) is 0 Å². The number of aliphatic hydroxyl groups is 1. The topological polar surface area (TPSA) is 37.3 Å². The molecule has 1 aromatic carbocycles. The first kappa shape index (κ1) is 26.1.